The molecule has 0 aliphatic carbocycles. The normalized spacial score (nSPS) is 15.9. The first-order valence-electron chi connectivity index (χ1n) is 3.44. The standard InChI is InChI=1S/C6H14N2O2S/c7-2-1-4(11)3-5(8)6(9)10/h4-5,11H,1-3,7-8H2,(H,9,10). The minimum Gasteiger partial charge on any atom is -0.480 e. The largest absolute Gasteiger partial charge is 0.480 e. The Kier molecular flexibility index (Phi) is 5.27. The number of rotatable bonds is 5. The number of hydrogen-bond donors (Lipinski definition) is 4. The van der Waals surface area contributed by atoms with Gasteiger partial charge in [-0.25, -0.2) is 0 Å². The fourth-order valence-electron chi connectivity index (χ4n) is 0.704. The second-order valence-corrected chi connectivity index (χ2v) is 3.14. The third-order valence-electron chi connectivity index (χ3n) is 1.34. The Morgan fingerprint density at radius 1 is 1.64 bits per heavy atom. The highest BCUT2D eigenvalue weighted by atomic mass is 32.1. The molecule has 0 rings (SSSR count). The van der Waals surface area contributed by atoms with Crippen LogP contribution in [0.25, 0.3) is 0 Å². The summed E-state index contributed by atoms with van der Waals surface area (Å²) in [7, 11) is 0. The van der Waals surface area contributed by atoms with Gasteiger partial charge in [0.15, 0.2) is 0 Å². The average Bonchev–Trinajstić information content (AvgIpc) is 1.87. The van der Waals surface area contributed by atoms with Gasteiger partial charge in [-0.1, -0.05) is 0 Å². The molecule has 2 atom stereocenters. The molecule has 0 aliphatic heterocycles. The average molecular weight is 178 g/mol. The van der Waals surface area contributed by atoms with Gasteiger partial charge in [0.1, 0.15) is 6.04 Å². The highest BCUT2D eigenvalue weighted by Gasteiger charge is 2.15. The molecule has 2 unspecified atom stereocenters. The molecule has 0 aromatic rings. The predicted octanol–water partition coefficient (Wildman–Crippen LogP) is -0.564. The highest BCUT2D eigenvalue weighted by molar-refractivity contribution is 7.80. The zero-order chi connectivity index (χ0) is 8.85. The third-order valence-corrected chi connectivity index (χ3v) is 1.81. The molecule has 5 heteroatoms. The molecular formula is C6H14N2O2S. The molecule has 66 valence electrons. The van der Waals surface area contributed by atoms with E-state index in [0.717, 1.165) is 0 Å². The van der Waals surface area contributed by atoms with Gasteiger partial charge in [-0.3, -0.25) is 4.79 Å². The summed E-state index contributed by atoms with van der Waals surface area (Å²) in [6.07, 6.45) is 1.07. The van der Waals surface area contributed by atoms with Crippen molar-refractivity contribution in [3.8, 4) is 0 Å². The van der Waals surface area contributed by atoms with E-state index >= 15 is 0 Å². The van der Waals surface area contributed by atoms with Gasteiger partial charge in [0.25, 0.3) is 0 Å². The van der Waals surface area contributed by atoms with Crippen LogP contribution >= 0.6 is 12.6 Å². The molecule has 0 radical (unpaired) electrons. The van der Waals surface area contributed by atoms with Crippen LogP contribution in [0.2, 0.25) is 0 Å². The molecular weight excluding hydrogens is 164 g/mol. The molecule has 4 nitrogen and oxygen atoms in total. The van der Waals surface area contributed by atoms with Crippen LogP contribution in [0, 0.1) is 0 Å². The van der Waals surface area contributed by atoms with Crippen molar-refractivity contribution in [2.45, 2.75) is 24.1 Å². The monoisotopic (exact) mass is 178 g/mol. The highest BCUT2D eigenvalue weighted by Crippen LogP contribution is 2.07. The maximum atomic E-state index is 10.2. The van der Waals surface area contributed by atoms with Gasteiger partial charge in [-0.05, 0) is 19.4 Å². The summed E-state index contributed by atoms with van der Waals surface area (Å²) >= 11 is 4.12. The Morgan fingerprint density at radius 2 is 2.18 bits per heavy atom. The first-order chi connectivity index (χ1) is 5.07. The number of carbonyl (C=O) groups is 1. The molecule has 0 bridgehead atoms. The molecule has 0 aliphatic rings. The molecule has 0 heterocycles. The Hall–Kier alpha value is -0.260. The van der Waals surface area contributed by atoms with Crippen molar-refractivity contribution in [1.82, 2.24) is 0 Å². The van der Waals surface area contributed by atoms with E-state index in [1.165, 1.54) is 0 Å². The van der Waals surface area contributed by atoms with Crippen molar-refractivity contribution in [3.05, 3.63) is 0 Å². The second kappa shape index (κ2) is 5.40. The summed E-state index contributed by atoms with van der Waals surface area (Å²) in [5, 5.41) is 8.40. The van der Waals surface area contributed by atoms with Gasteiger partial charge in [0.05, 0.1) is 0 Å². The minimum atomic E-state index is -0.985. The molecule has 0 fully saturated rings. The fraction of sp³-hybridized carbons (Fsp3) is 0.833. The lowest BCUT2D eigenvalue weighted by Gasteiger charge is -2.11. The molecule has 0 aromatic carbocycles. The molecule has 0 saturated carbocycles. The lowest BCUT2D eigenvalue weighted by Crippen LogP contribution is -2.33. The van der Waals surface area contributed by atoms with E-state index < -0.39 is 12.0 Å². The molecule has 5 N–H and O–H groups in total. The van der Waals surface area contributed by atoms with Crippen molar-refractivity contribution in [3.63, 3.8) is 0 Å². The lowest BCUT2D eigenvalue weighted by atomic mass is 10.1. The van der Waals surface area contributed by atoms with Gasteiger partial charge >= 0.3 is 5.97 Å². The molecule has 0 spiro atoms. The van der Waals surface area contributed by atoms with Crippen LogP contribution in [0.5, 0.6) is 0 Å². The van der Waals surface area contributed by atoms with Gasteiger partial charge in [0.2, 0.25) is 0 Å². The van der Waals surface area contributed by atoms with Crippen molar-refractivity contribution >= 4 is 18.6 Å². The summed E-state index contributed by atoms with van der Waals surface area (Å²) < 4.78 is 0. The van der Waals surface area contributed by atoms with Crippen LogP contribution in [0.15, 0.2) is 0 Å². The number of hydrogen-bond acceptors (Lipinski definition) is 4. The number of carboxylic acids is 1. The van der Waals surface area contributed by atoms with Gasteiger partial charge in [-0.15, -0.1) is 0 Å². The van der Waals surface area contributed by atoms with E-state index in [1.807, 2.05) is 0 Å². The Morgan fingerprint density at radius 3 is 2.55 bits per heavy atom. The number of nitrogens with two attached hydrogens (primary N) is 2. The van der Waals surface area contributed by atoms with E-state index in [1.54, 1.807) is 0 Å². The summed E-state index contributed by atoms with van der Waals surface area (Å²) in [5.41, 5.74) is 10.5. The quantitative estimate of drug-likeness (QED) is 0.425. The maximum absolute atomic E-state index is 10.2. The lowest BCUT2D eigenvalue weighted by molar-refractivity contribution is -0.138. The molecule has 0 saturated heterocycles. The second-order valence-electron chi connectivity index (χ2n) is 2.41. The Balaban J connectivity index is 3.56. The molecule has 0 amide bonds. The maximum Gasteiger partial charge on any atom is 0.320 e. The minimum absolute atomic E-state index is 0.00824. The fourth-order valence-corrected chi connectivity index (χ4v) is 1.08. The zero-order valence-electron chi connectivity index (χ0n) is 6.23. The first-order valence-corrected chi connectivity index (χ1v) is 3.96. The zero-order valence-corrected chi connectivity index (χ0v) is 7.13. The van der Waals surface area contributed by atoms with Crippen LogP contribution in [0.1, 0.15) is 12.8 Å². The Bertz CT molecular complexity index is 132. The van der Waals surface area contributed by atoms with Gasteiger partial charge in [-0.2, -0.15) is 12.6 Å². The topological polar surface area (TPSA) is 89.3 Å². The van der Waals surface area contributed by atoms with E-state index in [9.17, 15) is 4.79 Å². The van der Waals surface area contributed by atoms with Crippen LogP contribution in [0.4, 0.5) is 0 Å². The SMILES string of the molecule is NCCC(S)CC(N)C(=O)O. The summed E-state index contributed by atoms with van der Waals surface area (Å²) in [6, 6.07) is -0.816. The molecule has 0 aromatic heterocycles. The number of aliphatic carboxylic acids is 1. The van der Waals surface area contributed by atoms with E-state index in [-0.39, 0.29) is 5.25 Å². The number of carboxylic acid groups (broad SMARTS) is 1. The summed E-state index contributed by atoms with van der Waals surface area (Å²) in [4.78, 5) is 10.2. The van der Waals surface area contributed by atoms with Crippen molar-refractivity contribution in [2.75, 3.05) is 6.54 Å². The van der Waals surface area contributed by atoms with Crippen molar-refractivity contribution in [1.29, 1.82) is 0 Å². The predicted molar refractivity (Wildman–Crippen MR) is 46.7 cm³/mol. The van der Waals surface area contributed by atoms with Crippen LogP contribution < -0.4 is 11.5 Å². The van der Waals surface area contributed by atoms with Crippen molar-refractivity contribution < 1.29 is 9.90 Å². The van der Waals surface area contributed by atoms with Crippen LogP contribution in [-0.4, -0.2) is 28.9 Å². The Labute approximate surface area is 71.4 Å². The van der Waals surface area contributed by atoms with Crippen LogP contribution in [-0.2, 0) is 4.79 Å². The van der Waals surface area contributed by atoms with E-state index in [0.29, 0.717) is 19.4 Å². The van der Waals surface area contributed by atoms with Crippen LogP contribution in [0.3, 0.4) is 0 Å². The van der Waals surface area contributed by atoms with Gasteiger partial charge in [0, 0.05) is 5.25 Å². The summed E-state index contributed by atoms with van der Waals surface area (Å²) in [5.74, 6) is -0.985. The molecule has 11 heavy (non-hydrogen) atoms. The third kappa shape index (κ3) is 5.06. The van der Waals surface area contributed by atoms with Gasteiger partial charge < -0.3 is 16.6 Å². The summed E-state index contributed by atoms with van der Waals surface area (Å²) in [6.45, 7) is 0.514. The number of thiol groups is 1. The van der Waals surface area contributed by atoms with E-state index in [4.69, 9.17) is 16.6 Å². The van der Waals surface area contributed by atoms with Crippen molar-refractivity contribution in [2.24, 2.45) is 11.5 Å². The first kappa shape index (κ1) is 10.7. The smallest absolute Gasteiger partial charge is 0.320 e. The van der Waals surface area contributed by atoms with E-state index in [2.05, 4.69) is 12.6 Å².